The number of carbonyl (C=O) groups excluding carboxylic acids is 1. The van der Waals surface area contributed by atoms with Crippen molar-refractivity contribution >= 4 is 23.2 Å². The van der Waals surface area contributed by atoms with Gasteiger partial charge < -0.3 is 4.90 Å². The van der Waals surface area contributed by atoms with E-state index >= 15 is 0 Å². The Labute approximate surface area is 176 Å². The molecule has 1 aromatic heterocycles. The van der Waals surface area contributed by atoms with Gasteiger partial charge in [-0.1, -0.05) is 29.8 Å². The highest BCUT2D eigenvalue weighted by atomic mass is 35.5. The Morgan fingerprint density at radius 3 is 2.53 bits per heavy atom. The fourth-order valence-corrected chi connectivity index (χ4v) is 3.54. The van der Waals surface area contributed by atoms with Crippen molar-refractivity contribution in [3.05, 3.63) is 75.1 Å². The number of halogens is 1. The predicted molar refractivity (Wildman–Crippen MR) is 108 cm³/mol. The summed E-state index contributed by atoms with van der Waals surface area (Å²) in [7, 11) is 0. The number of nitro groups is 1. The molecule has 1 amide bonds. The number of piperazine rings is 1. The first kappa shape index (κ1) is 19.9. The van der Waals surface area contributed by atoms with Crippen LogP contribution in [0.5, 0.6) is 0 Å². The van der Waals surface area contributed by atoms with Crippen LogP contribution in [0.25, 0.3) is 5.69 Å². The summed E-state index contributed by atoms with van der Waals surface area (Å²) in [5.41, 5.74) is 0.872. The molecule has 1 aliphatic rings. The van der Waals surface area contributed by atoms with Gasteiger partial charge >= 0.3 is 0 Å². The molecule has 0 atom stereocenters. The van der Waals surface area contributed by atoms with Gasteiger partial charge in [0.25, 0.3) is 11.6 Å². The van der Waals surface area contributed by atoms with Gasteiger partial charge in [0.1, 0.15) is 5.02 Å². The summed E-state index contributed by atoms with van der Waals surface area (Å²) in [6, 6.07) is 13.8. The molecule has 1 fully saturated rings. The van der Waals surface area contributed by atoms with Crippen LogP contribution in [0, 0.1) is 10.1 Å². The van der Waals surface area contributed by atoms with Crippen LogP contribution in [0.1, 0.15) is 16.2 Å². The second kappa shape index (κ2) is 8.56. The van der Waals surface area contributed by atoms with Gasteiger partial charge in [-0.2, -0.15) is 4.68 Å². The molecule has 10 nitrogen and oxygen atoms in total. The van der Waals surface area contributed by atoms with Gasteiger partial charge in [0.05, 0.1) is 17.2 Å². The summed E-state index contributed by atoms with van der Waals surface area (Å²) in [6.07, 6.45) is 0. The molecule has 0 bridgehead atoms. The molecule has 0 aliphatic carbocycles. The third kappa shape index (κ3) is 4.14. The Kier molecular flexibility index (Phi) is 5.68. The Morgan fingerprint density at radius 2 is 1.83 bits per heavy atom. The molecule has 30 heavy (non-hydrogen) atoms. The summed E-state index contributed by atoms with van der Waals surface area (Å²) >= 11 is 5.83. The number of hydrogen-bond donors (Lipinski definition) is 0. The van der Waals surface area contributed by atoms with Crippen molar-refractivity contribution in [2.24, 2.45) is 0 Å². The van der Waals surface area contributed by atoms with Crippen molar-refractivity contribution in [2.75, 3.05) is 26.2 Å². The molecule has 0 saturated carbocycles. The second-order valence-corrected chi connectivity index (χ2v) is 7.24. The Balaban J connectivity index is 1.39. The number of carbonyl (C=O) groups is 1. The van der Waals surface area contributed by atoms with Gasteiger partial charge in [0, 0.05) is 37.8 Å². The molecule has 0 unspecified atom stereocenters. The molecule has 4 rings (SSSR count). The van der Waals surface area contributed by atoms with E-state index in [0.29, 0.717) is 38.5 Å². The van der Waals surface area contributed by atoms with E-state index in [2.05, 4.69) is 20.4 Å². The Bertz CT molecular complexity index is 1060. The minimum absolute atomic E-state index is 0.0116. The number of aromatic nitrogens is 4. The Morgan fingerprint density at radius 1 is 1.10 bits per heavy atom. The first-order valence-corrected chi connectivity index (χ1v) is 9.69. The second-order valence-electron chi connectivity index (χ2n) is 6.83. The molecule has 2 aromatic carbocycles. The minimum atomic E-state index is -0.589. The van der Waals surface area contributed by atoms with Crippen molar-refractivity contribution in [1.29, 1.82) is 0 Å². The van der Waals surface area contributed by atoms with Gasteiger partial charge in [-0.25, -0.2) is 0 Å². The summed E-state index contributed by atoms with van der Waals surface area (Å²) in [5.74, 6) is 0.470. The molecular weight excluding hydrogens is 410 g/mol. The number of tetrazole rings is 1. The lowest BCUT2D eigenvalue weighted by atomic mass is 10.1. The topological polar surface area (TPSA) is 110 Å². The van der Waals surface area contributed by atoms with Gasteiger partial charge in [-0.15, -0.1) is 5.10 Å². The van der Waals surface area contributed by atoms with Crippen molar-refractivity contribution in [1.82, 2.24) is 30.0 Å². The van der Waals surface area contributed by atoms with Crippen LogP contribution in [0.15, 0.2) is 48.5 Å². The lowest BCUT2D eigenvalue weighted by Crippen LogP contribution is -2.48. The first-order chi connectivity index (χ1) is 14.5. The zero-order valence-corrected chi connectivity index (χ0v) is 16.6. The standard InChI is InChI=1S/C19H18ClN7O3/c20-16-7-6-14(12-17(16)27(29)30)19(28)25-10-8-24(9-11-25)13-18-21-22-23-26(18)15-4-2-1-3-5-15/h1-7,12H,8-11,13H2. The molecular formula is C19H18ClN7O3. The van der Waals surface area contributed by atoms with Crippen molar-refractivity contribution in [2.45, 2.75) is 6.54 Å². The molecule has 0 spiro atoms. The van der Waals surface area contributed by atoms with E-state index in [1.807, 2.05) is 30.3 Å². The van der Waals surface area contributed by atoms with Crippen LogP contribution in [0.4, 0.5) is 5.69 Å². The highest BCUT2D eigenvalue weighted by Gasteiger charge is 2.25. The molecule has 11 heteroatoms. The molecule has 2 heterocycles. The molecule has 1 aliphatic heterocycles. The summed E-state index contributed by atoms with van der Waals surface area (Å²) < 4.78 is 1.70. The Hall–Kier alpha value is -3.37. The highest BCUT2D eigenvalue weighted by Crippen LogP contribution is 2.26. The van der Waals surface area contributed by atoms with Gasteiger partial charge in [-0.3, -0.25) is 19.8 Å². The largest absolute Gasteiger partial charge is 0.336 e. The van der Waals surface area contributed by atoms with E-state index < -0.39 is 4.92 Å². The van der Waals surface area contributed by atoms with Crippen LogP contribution in [-0.4, -0.2) is 67.0 Å². The van der Waals surface area contributed by atoms with Crippen molar-refractivity contribution in [3.8, 4) is 5.69 Å². The quantitative estimate of drug-likeness (QED) is 0.453. The van der Waals surface area contributed by atoms with E-state index in [4.69, 9.17) is 11.6 Å². The number of para-hydroxylation sites is 1. The van der Waals surface area contributed by atoms with E-state index in [9.17, 15) is 14.9 Å². The SMILES string of the molecule is O=C(c1ccc(Cl)c([N+](=O)[O-])c1)N1CCN(Cc2nnnn2-c2ccccc2)CC1. The smallest absolute Gasteiger partial charge is 0.288 e. The summed E-state index contributed by atoms with van der Waals surface area (Å²) in [5, 5.41) is 23.1. The number of nitrogens with zero attached hydrogens (tertiary/aromatic N) is 7. The van der Waals surface area contributed by atoms with Gasteiger partial charge in [0.2, 0.25) is 0 Å². The normalized spacial score (nSPS) is 14.6. The monoisotopic (exact) mass is 427 g/mol. The average Bonchev–Trinajstić information content (AvgIpc) is 3.22. The lowest BCUT2D eigenvalue weighted by molar-refractivity contribution is -0.384. The maximum Gasteiger partial charge on any atom is 0.288 e. The molecule has 154 valence electrons. The lowest BCUT2D eigenvalue weighted by Gasteiger charge is -2.34. The van der Waals surface area contributed by atoms with Crippen LogP contribution in [-0.2, 0) is 6.54 Å². The average molecular weight is 428 g/mol. The first-order valence-electron chi connectivity index (χ1n) is 9.31. The van der Waals surface area contributed by atoms with Crippen molar-refractivity contribution < 1.29 is 9.72 Å². The zero-order chi connectivity index (χ0) is 21.1. The van der Waals surface area contributed by atoms with Crippen LogP contribution in [0.3, 0.4) is 0 Å². The maximum absolute atomic E-state index is 12.8. The third-order valence-electron chi connectivity index (χ3n) is 4.95. The van der Waals surface area contributed by atoms with E-state index in [1.54, 1.807) is 9.58 Å². The number of rotatable bonds is 5. The predicted octanol–water partition coefficient (Wildman–Crippen LogP) is 2.18. The highest BCUT2D eigenvalue weighted by molar-refractivity contribution is 6.32. The van der Waals surface area contributed by atoms with Crippen LogP contribution >= 0.6 is 11.6 Å². The fraction of sp³-hybridized carbons (Fsp3) is 0.263. The fourth-order valence-electron chi connectivity index (χ4n) is 3.35. The van der Waals surface area contributed by atoms with Gasteiger partial charge in [-0.05, 0) is 34.7 Å². The number of benzene rings is 2. The van der Waals surface area contributed by atoms with E-state index in [1.165, 1.54) is 18.2 Å². The van der Waals surface area contributed by atoms with E-state index in [-0.39, 0.29) is 22.2 Å². The number of amides is 1. The van der Waals surface area contributed by atoms with Crippen molar-refractivity contribution in [3.63, 3.8) is 0 Å². The zero-order valence-electron chi connectivity index (χ0n) is 15.9. The van der Waals surface area contributed by atoms with E-state index in [0.717, 1.165) is 5.69 Å². The minimum Gasteiger partial charge on any atom is -0.336 e. The molecule has 0 N–H and O–H groups in total. The number of nitro benzene ring substituents is 1. The molecule has 0 radical (unpaired) electrons. The van der Waals surface area contributed by atoms with Crippen LogP contribution < -0.4 is 0 Å². The molecule has 3 aromatic rings. The summed E-state index contributed by atoms with van der Waals surface area (Å²) in [4.78, 5) is 27.1. The summed E-state index contributed by atoms with van der Waals surface area (Å²) in [6.45, 7) is 2.84. The third-order valence-corrected chi connectivity index (χ3v) is 5.27. The number of hydrogen-bond acceptors (Lipinski definition) is 7. The molecule has 1 saturated heterocycles. The van der Waals surface area contributed by atoms with Gasteiger partial charge in [0.15, 0.2) is 5.82 Å². The maximum atomic E-state index is 12.8. The van der Waals surface area contributed by atoms with Crippen LogP contribution in [0.2, 0.25) is 5.02 Å².